The molecule has 1 aliphatic heterocycles. The maximum absolute atomic E-state index is 13.2. The van der Waals surface area contributed by atoms with Crippen LogP contribution in [0.5, 0.6) is 0 Å². The number of carbonyl (C=O) groups excluding carboxylic acids is 3. The standard InChI is InChI=1S/C21H18F3N3O4/c1-31-20(30)11-13-10-19(29)27(17-9-5-4-8-16(17)25-13)12-18(28)26-15-7-3-2-6-14(15)21(22,23)24/h2-10,25H,11-12H2,1H3,(H,26,28). The molecule has 2 N–H and O–H groups in total. The van der Waals surface area contributed by atoms with Gasteiger partial charge in [-0.25, -0.2) is 0 Å². The molecule has 1 aliphatic rings. The highest BCUT2D eigenvalue weighted by Gasteiger charge is 2.34. The lowest BCUT2D eigenvalue weighted by Crippen LogP contribution is -2.37. The van der Waals surface area contributed by atoms with Gasteiger partial charge in [0.05, 0.1) is 36.2 Å². The number of esters is 1. The minimum atomic E-state index is -4.65. The predicted molar refractivity (Wildman–Crippen MR) is 107 cm³/mol. The fourth-order valence-corrected chi connectivity index (χ4v) is 3.03. The first-order valence-corrected chi connectivity index (χ1v) is 9.10. The van der Waals surface area contributed by atoms with Crippen LogP contribution in [0.15, 0.2) is 60.3 Å². The molecule has 0 bridgehead atoms. The number of benzene rings is 2. The number of nitrogens with zero attached hydrogens (tertiary/aromatic N) is 1. The van der Waals surface area contributed by atoms with Crippen molar-refractivity contribution in [2.24, 2.45) is 0 Å². The van der Waals surface area contributed by atoms with Gasteiger partial charge in [-0.15, -0.1) is 0 Å². The average molecular weight is 433 g/mol. The average Bonchev–Trinajstić information content (AvgIpc) is 2.84. The summed E-state index contributed by atoms with van der Waals surface area (Å²) in [7, 11) is 1.21. The molecule has 0 saturated heterocycles. The lowest BCUT2D eigenvalue weighted by atomic mass is 10.1. The Morgan fingerprint density at radius 2 is 1.77 bits per heavy atom. The van der Waals surface area contributed by atoms with E-state index >= 15 is 0 Å². The van der Waals surface area contributed by atoms with E-state index in [1.807, 2.05) is 0 Å². The first-order chi connectivity index (χ1) is 14.7. The SMILES string of the molecule is COC(=O)CC1=CC(=O)N(CC(=O)Nc2ccccc2C(F)(F)F)c2ccccc2N1. The molecule has 2 aromatic carbocycles. The van der Waals surface area contributed by atoms with Crippen LogP contribution in [0.1, 0.15) is 12.0 Å². The normalized spacial score (nSPS) is 13.5. The van der Waals surface area contributed by atoms with Crippen molar-refractivity contribution in [1.82, 2.24) is 0 Å². The van der Waals surface area contributed by atoms with Crippen LogP contribution in [0.25, 0.3) is 0 Å². The Balaban J connectivity index is 1.86. The van der Waals surface area contributed by atoms with E-state index in [1.54, 1.807) is 24.3 Å². The third-order valence-corrected chi connectivity index (χ3v) is 4.42. The number of fused-ring (bicyclic) bond motifs is 1. The van der Waals surface area contributed by atoms with Crippen molar-refractivity contribution in [1.29, 1.82) is 0 Å². The van der Waals surface area contributed by atoms with Crippen LogP contribution in [0.3, 0.4) is 0 Å². The molecule has 0 aromatic heterocycles. The van der Waals surface area contributed by atoms with E-state index in [2.05, 4.69) is 15.4 Å². The summed E-state index contributed by atoms with van der Waals surface area (Å²) in [6.45, 7) is -0.536. The number of amides is 2. The molecular weight excluding hydrogens is 415 g/mol. The van der Waals surface area contributed by atoms with Crippen LogP contribution >= 0.6 is 0 Å². The van der Waals surface area contributed by atoms with Crippen LogP contribution in [-0.4, -0.2) is 31.4 Å². The van der Waals surface area contributed by atoms with Gasteiger partial charge >= 0.3 is 12.1 Å². The molecule has 31 heavy (non-hydrogen) atoms. The van der Waals surface area contributed by atoms with Crippen molar-refractivity contribution >= 4 is 34.8 Å². The second kappa shape index (κ2) is 8.90. The summed E-state index contributed by atoms with van der Waals surface area (Å²) in [6.07, 6.45) is -3.70. The number of nitrogens with one attached hydrogen (secondary N) is 2. The lowest BCUT2D eigenvalue weighted by Gasteiger charge is -2.22. The smallest absolute Gasteiger partial charge is 0.418 e. The van der Waals surface area contributed by atoms with Crippen molar-refractivity contribution in [2.75, 3.05) is 29.2 Å². The second-order valence-electron chi connectivity index (χ2n) is 6.58. The summed E-state index contributed by atoms with van der Waals surface area (Å²) in [6, 6.07) is 11.1. The molecule has 3 rings (SSSR count). The minimum Gasteiger partial charge on any atom is -0.469 e. The molecule has 1 heterocycles. The third-order valence-electron chi connectivity index (χ3n) is 4.42. The van der Waals surface area contributed by atoms with E-state index in [9.17, 15) is 27.6 Å². The zero-order valence-electron chi connectivity index (χ0n) is 16.3. The Morgan fingerprint density at radius 1 is 1.10 bits per heavy atom. The molecule has 0 aliphatic carbocycles. The van der Waals surface area contributed by atoms with Crippen LogP contribution in [0.4, 0.5) is 30.2 Å². The van der Waals surface area contributed by atoms with Gasteiger partial charge in [-0.2, -0.15) is 13.2 Å². The lowest BCUT2D eigenvalue weighted by molar-refractivity contribution is -0.140. The maximum atomic E-state index is 13.2. The highest BCUT2D eigenvalue weighted by molar-refractivity contribution is 6.10. The van der Waals surface area contributed by atoms with Gasteiger partial charge in [0, 0.05) is 11.8 Å². The number of alkyl halides is 3. The largest absolute Gasteiger partial charge is 0.469 e. The number of hydrogen-bond acceptors (Lipinski definition) is 5. The van der Waals surface area contributed by atoms with Crippen LogP contribution in [0.2, 0.25) is 0 Å². The van der Waals surface area contributed by atoms with Gasteiger partial charge in [-0.1, -0.05) is 24.3 Å². The summed E-state index contributed by atoms with van der Waals surface area (Å²) >= 11 is 0. The molecule has 2 amide bonds. The number of rotatable bonds is 5. The minimum absolute atomic E-state index is 0.199. The first-order valence-electron chi connectivity index (χ1n) is 9.10. The van der Waals surface area contributed by atoms with E-state index in [1.165, 1.54) is 19.2 Å². The Kier molecular flexibility index (Phi) is 6.28. The predicted octanol–water partition coefficient (Wildman–Crippen LogP) is 3.55. The highest BCUT2D eigenvalue weighted by atomic mass is 19.4. The quantitative estimate of drug-likeness (QED) is 0.705. The number of ether oxygens (including phenoxy) is 1. The van der Waals surface area contributed by atoms with Gasteiger partial charge in [0.1, 0.15) is 6.54 Å². The summed E-state index contributed by atoms with van der Waals surface area (Å²) < 4.78 is 44.1. The van der Waals surface area contributed by atoms with E-state index in [-0.39, 0.29) is 12.1 Å². The van der Waals surface area contributed by atoms with E-state index < -0.39 is 41.8 Å². The van der Waals surface area contributed by atoms with Gasteiger partial charge in [0.15, 0.2) is 0 Å². The number of methoxy groups -OCH3 is 1. The van der Waals surface area contributed by atoms with Gasteiger partial charge < -0.3 is 15.4 Å². The van der Waals surface area contributed by atoms with E-state index in [4.69, 9.17) is 0 Å². The summed E-state index contributed by atoms with van der Waals surface area (Å²) in [5.74, 6) is -2.00. The van der Waals surface area contributed by atoms with Crippen LogP contribution in [0, 0.1) is 0 Å². The molecule has 162 valence electrons. The monoisotopic (exact) mass is 433 g/mol. The Bertz CT molecular complexity index is 1050. The highest BCUT2D eigenvalue weighted by Crippen LogP contribution is 2.35. The molecule has 0 spiro atoms. The molecule has 2 aromatic rings. The van der Waals surface area contributed by atoms with Gasteiger partial charge in [0.25, 0.3) is 5.91 Å². The zero-order valence-corrected chi connectivity index (χ0v) is 16.3. The van der Waals surface area contributed by atoms with Gasteiger partial charge in [-0.05, 0) is 24.3 Å². The Labute approximate surface area is 175 Å². The molecule has 7 nitrogen and oxygen atoms in total. The number of carbonyl (C=O) groups is 3. The van der Waals surface area contributed by atoms with Crippen molar-refractivity contribution in [2.45, 2.75) is 12.6 Å². The zero-order chi connectivity index (χ0) is 22.6. The number of anilines is 3. The Morgan fingerprint density at radius 3 is 2.48 bits per heavy atom. The number of para-hydroxylation sites is 3. The molecule has 0 atom stereocenters. The van der Waals surface area contributed by atoms with E-state index in [0.29, 0.717) is 11.4 Å². The third kappa shape index (κ3) is 5.21. The van der Waals surface area contributed by atoms with Gasteiger partial charge in [-0.3, -0.25) is 19.3 Å². The fourth-order valence-electron chi connectivity index (χ4n) is 3.03. The topological polar surface area (TPSA) is 87.7 Å². The van der Waals surface area contributed by atoms with Crippen LogP contribution < -0.4 is 15.5 Å². The molecule has 0 radical (unpaired) electrons. The fraction of sp³-hybridized carbons (Fsp3) is 0.190. The van der Waals surface area contributed by atoms with Crippen molar-refractivity contribution in [3.8, 4) is 0 Å². The second-order valence-corrected chi connectivity index (χ2v) is 6.58. The van der Waals surface area contributed by atoms with Crippen molar-refractivity contribution in [3.05, 3.63) is 65.9 Å². The van der Waals surface area contributed by atoms with Crippen molar-refractivity contribution < 1.29 is 32.3 Å². The van der Waals surface area contributed by atoms with Crippen molar-refractivity contribution in [3.63, 3.8) is 0 Å². The summed E-state index contributed by atoms with van der Waals surface area (Å²) in [5, 5.41) is 5.18. The summed E-state index contributed by atoms with van der Waals surface area (Å²) in [4.78, 5) is 38.0. The molecule has 0 saturated carbocycles. The number of hydrogen-bond donors (Lipinski definition) is 2. The van der Waals surface area contributed by atoms with Gasteiger partial charge in [0.2, 0.25) is 5.91 Å². The molecule has 10 heteroatoms. The number of halogens is 3. The molecule has 0 unspecified atom stereocenters. The van der Waals surface area contributed by atoms with E-state index in [0.717, 1.165) is 23.1 Å². The maximum Gasteiger partial charge on any atom is 0.418 e. The molecule has 0 fully saturated rings. The molecular formula is C21H18F3N3O4. The Hall–Kier alpha value is -3.82. The first kappa shape index (κ1) is 21.9. The summed E-state index contributed by atoms with van der Waals surface area (Å²) in [5.41, 5.74) is -0.354. The van der Waals surface area contributed by atoms with Crippen LogP contribution in [-0.2, 0) is 25.3 Å².